The lowest BCUT2D eigenvalue weighted by Crippen LogP contribution is -2.36. The number of hydrogen-bond donors (Lipinski definition) is 3. The third-order valence-corrected chi connectivity index (χ3v) is 4.94. The molecule has 164 valence electrons. The SMILES string of the molecule is CC(=O)NCc1ccc(C(=O)NC(=NCC2CCCO2)Nc2ccc(F)c(Cl)c2)cc1. The highest BCUT2D eigenvalue weighted by Gasteiger charge is 2.16. The second-order valence-electron chi connectivity index (χ2n) is 7.14. The van der Waals surface area contributed by atoms with Crippen molar-refractivity contribution < 1.29 is 18.7 Å². The van der Waals surface area contributed by atoms with E-state index in [1.54, 1.807) is 24.3 Å². The molecule has 0 bridgehead atoms. The highest BCUT2D eigenvalue weighted by Crippen LogP contribution is 2.19. The molecule has 1 fully saturated rings. The smallest absolute Gasteiger partial charge is 0.257 e. The molecular weight excluding hydrogens is 423 g/mol. The van der Waals surface area contributed by atoms with Crippen molar-refractivity contribution in [2.45, 2.75) is 32.4 Å². The number of aliphatic imine (C=N–C) groups is 1. The third-order valence-electron chi connectivity index (χ3n) is 4.65. The van der Waals surface area contributed by atoms with Crippen molar-refractivity contribution in [3.8, 4) is 0 Å². The fraction of sp³-hybridized carbons (Fsp3) is 0.318. The second-order valence-corrected chi connectivity index (χ2v) is 7.55. The van der Waals surface area contributed by atoms with E-state index >= 15 is 0 Å². The lowest BCUT2D eigenvalue weighted by molar-refractivity contribution is -0.119. The van der Waals surface area contributed by atoms with Gasteiger partial charge in [-0.15, -0.1) is 0 Å². The maximum Gasteiger partial charge on any atom is 0.257 e. The normalized spacial score (nSPS) is 16.1. The molecule has 1 unspecified atom stereocenters. The van der Waals surface area contributed by atoms with Gasteiger partial charge in [-0.3, -0.25) is 14.9 Å². The largest absolute Gasteiger partial charge is 0.376 e. The molecule has 3 rings (SSSR count). The number of nitrogens with one attached hydrogen (secondary N) is 3. The van der Waals surface area contributed by atoms with Crippen molar-refractivity contribution in [1.29, 1.82) is 0 Å². The van der Waals surface area contributed by atoms with Crippen molar-refractivity contribution in [2.75, 3.05) is 18.5 Å². The first-order valence-corrected chi connectivity index (χ1v) is 10.3. The Hall–Kier alpha value is -2.97. The van der Waals surface area contributed by atoms with Crippen LogP contribution in [0.2, 0.25) is 5.02 Å². The van der Waals surface area contributed by atoms with Crippen LogP contribution in [-0.2, 0) is 16.1 Å². The molecule has 3 N–H and O–H groups in total. The molecular formula is C22H24ClFN4O3. The Kier molecular flexibility index (Phi) is 7.97. The Morgan fingerprint density at radius 1 is 1.23 bits per heavy atom. The Balaban J connectivity index is 1.70. The molecule has 1 atom stereocenters. The van der Waals surface area contributed by atoms with E-state index in [1.165, 1.54) is 25.1 Å². The molecule has 1 aliphatic rings. The number of nitrogens with zero attached hydrogens (tertiary/aromatic N) is 1. The molecule has 31 heavy (non-hydrogen) atoms. The Labute approximate surface area is 185 Å². The monoisotopic (exact) mass is 446 g/mol. The lowest BCUT2D eigenvalue weighted by atomic mass is 10.1. The summed E-state index contributed by atoms with van der Waals surface area (Å²) in [6.07, 6.45) is 1.88. The van der Waals surface area contributed by atoms with Gasteiger partial charge >= 0.3 is 0 Å². The predicted molar refractivity (Wildman–Crippen MR) is 118 cm³/mol. The molecule has 0 radical (unpaired) electrons. The third kappa shape index (κ3) is 7.04. The molecule has 7 nitrogen and oxygen atoms in total. The van der Waals surface area contributed by atoms with Gasteiger partial charge in [0.15, 0.2) is 0 Å². The van der Waals surface area contributed by atoms with E-state index in [4.69, 9.17) is 16.3 Å². The van der Waals surface area contributed by atoms with Gasteiger partial charge in [0.1, 0.15) is 5.82 Å². The summed E-state index contributed by atoms with van der Waals surface area (Å²) in [5, 5.41) is 8.39. The summed E-state index contributed by atoms with van der Waals surface area (Å²) in [7, 11) is 0. The highest BCUT2D eigenvalue weighted by atomic mass is 35.5. The summed E-state index contributed by atoms with van der Waals surface area (Å²) in [5.74, 6) is -0.808. The van der Waals surface area contributed by atoms with Crippen LogP contribution < -0.4 is 16.0 Å². The molecule has 0 aromatic heterocycles. The number of ether oxygens (including phenoxy) is 1. The molecule has 2 aromatic rings. The van der Waals surface area contributed by atoms with E-state index in [0.717, 1.165) is 18.4 Å². The average molecular weight is 447 g/mol. The zero-order chi connectivity index (χ0) is 22.2. The van der Waals surface area contributed by atoms with E-state index in [9.17, 15) is 14.0 Å². The Morgan fingerprint density at radius 2 is 2.00 bits per heavy atom. The minimum absolute atomic E-state index is 0.00133. The molecule has 0 saturated carbocycles. The first-order chi connectivity index (χ1) is 14.9. The van der Waals surface area contributed by atoms with Gasteiger partial charge in [-0.05, 0) is 48.7 Å². The van der Waals surface area contributed by atoms with Crippen LogP contribution in [0.4, 0.5) is 10.1 Å². The zero-order valence-electron chi connectivity index (χ0n) is 17.1. The molecule has 1 saturated heterocycles. The minimum Gasteiger partial charge on any atom is -0.376 e. The van der Waals surface area contributed by atoms with E-state index in [2.05, 4.69) is 20.9 Å². The summed E-state index contributed by atoms with van der Waals surface area (Å²) in [6.45, 7) is 2.92. The molecule has 9 heteroatoms. The maximum absolute atomic E-state index is 13.5. The lowest BCUT2D eigenvalue weighted by Gasteiger charge is -2.14. The number of rotatable bonds is 6. The quantitative estimate of drug-likeness (QED) is 0.468. The zero-order valence-corrected chi connectivity index (χ0v) is 17.8. The molecule has 1 heterocycles. The Morgan fingerprint density at radius 3 is 2.65 bits per heavy atom. The van der Waals surface area contributed by atoms with Crippen molar-refractivity contribution in [3.63, 3.8) is 0 Å². The number of amides is 2. The van der Waals surface area contributed by atoms with Gasteiger partial charge < -0.3 is 15.4 Å². The van der Waals surface area contributed by atoms with Crippen molar-refractivity contribution in [1.82, 2.24) is 10.6 Å². The van der Waals surface area contributed by atoms with Crippen LogP contribution >= 0.6 is 11.6 Å². The average Bonchev–Trinajstić information content (AvgIpc) is 3.27. The number of carbonyl (C=O) groups excluding carboxylic acids is 2. The first-order valence-electron chi connectivity index (χ1n) is 9.93. The van der Waals surface area contributed by atoms with Crippen LogP contribution in [0.5, 0.6) is 0 Å². The maximum atomic E-state index is 13.5. The highest BCUT2D eigenvalue weighted by molar-refractivity contribution is 6.31. The van der Waals surface area contributed by atoms with Crippen LogP contribution in [0, 0.1) is 5.82 Å². The second kappa shape index (κ2) is 10.9. The summed E-state index contributed by atoms with van der Waals surface area (Å²) in [4.78, 5) is 28.2. The number of hydrogen-bond acceptors (Lipinski definition) is 4. The van der Waals surface area contributed by atoms with Crippen LogP contribution in [0.15, 0.2) is 47.5 Å². The summed E-state index contributed by atoms with van der Waals surface area (Å²) < 4.78 is 19.0. The molecule has 1 aliphatic heterocycles. The van der Waals surface area contributed by atoms with E-state index in [0.29, 0.717) is 30.9 Å². The van der Waals surface area contributed by atoms with Crippen LogP contribution in [0.1, 0.15) is 35.7 Å². The van der Waals surface area contributed by atoms with Crippen molar-refractivity contribution >= 4 is 35.1 Å². The molecule has 0 aliphatic carbocycles. The topological polar surface area (TPSA) is 91.8 Å². The summed E-state index contributed by atoms with van der Waals surface area (Å²) >= 11 is 5.85. The number of carbonyl (C=O) groups is 2. The van der Waals surface area contributed by atoms with Crippen LogP contribution in [-0.4, -0.2) is 37.0 Å². The number of guanidine groups is 1. The van der Waals surface area contributed by atoms with Crippen molar-refractivity contribution in [2.24, 2.45) is 4.99 Å². The first kappa shape index (κ1) is 22.7. The standard InChI is InChI=1S/C22H24ClFN4O3/c1-14(29)25-12-15-4-6-16(7-5-15)21(30)28-22(26-13-18-3-2-10-31-18)27-17-8-9-20(24)19(23)11-17/h4-9,11,18H,2-3,10,12-13H2,1H3,(H,25,29)(H2,26,27,28,30). The fourth-order valence-corrected chi connectivity index (χ4v) is 3.16. The van der Waals surface area contributed by atoms with E-state index in [-0.39, 0.29) is 28.9 Å². The van der Waals surface area contributed by atoms with Gasteiger partial charge in [0.05, 0.1) is 17.7 Å². The predicted octanol–water partition coefficient (Wildman–Crippen LogP) is 3.49. The molecule has 2 aromatic carbocycles. The van der Waals surface area contributed by atoms with Crippen molar-refractivity contribution in [3.05, 3.63) is 64.4 Å². The van der Waals surface area contributed by atoms with Gasteiger partial charge in [0.2, 0.25) is 11.9 Å². The van der Waals surface area contributed by atoms with E-state index in [1.807, 2.05) is 0 Å². The van der Waals surface area contributed by atoms with Gasteiger partial charge in [-0.25, -0.2) is 9.38 Å². The fourth-order valence-electron chi connectivity index (χ4n) is 2.98. The van der Waals surface area contributed by atoms with Crippen LogP contribution in [0.25, 0.3) is 0 Å². The van der Waals surface area contributed by atoms with Gasteiger partial charge in [0.25, 0.3) is 5.91 Å². The molecule has 0 spiro atoms. The van der Waals surface area contributed by atoms with Crippen LogP contribution in [0.3, 0.4) is 0 Å². The molecule has 2 amide bonds. The summed E-state index contributed by atoms with van der Waals surface area (Å²) in [5.41, 5.74) is 1.79. The van der Waals surface area contributed by atoms with Gasteiger partial charge in [-0.1, -0.05) is 23.7 Å². The Bertz CT molecular complexity index is 960. The van der Waals surface area contributed by atoms with Gasteiger partial charge in [0, 0.05) is 31.3 Å². The van der Waals surface area contributed by atoms with Gasteiger partial charge in [-0.2, -0.15) is 0 Å². The number of halogens is 2. The summed E-state index contributed by atoms with van der Waals surface area (Å²) in [6, 6.07) is 11.0. The number of benzene rings is 2. The van der Waals surface area contributed by atoms with E-state index < -0.39 is 5.82 Å². The number of anilines is 1. The minimum atomic E-state index is -0.534.